The van der Waals surface area contributed by atoms with Crippen molar-refractivity contribution in [2.75, 3.05) is 19.8 Å². The monoisotopic (exact) mass is 946 g/mol. The molecule has 2 aliphatic rings. The number of ether oxygens (including phenoxy) is 4. The zero-order valence-corrected chi connectivity index (χ0v) is 40.3. The van der Waals surface area contributed by atoms with Crippen LogP contribution in [-0.4, -0.2) is 140 Å². The molecule has 0 spiro atoms. The first-order valence-corrected chi connectivity index (χ1v) is 25.0. The molecule has 2 saturated heterocycles. The summed E-state index contributed by atoms with van der Waals surface area (Å²) >= 11 is 0. The molecule has 12 atom stereocenters. The molecule has 0 saturated carbocycles. The van der Waals surface area contributed by atoms with Crippen molar-refractivity contribution in [1.82, 2.24) is 5.32 Å². The van der Waals surface area contributed by atoms with E-state index in [0.29, 0.717) is 12.8 Å². The van der Waals surface area contributed by atoms with E-state index in [9.17, 15) is 45.6 Å². The van der Waals surface area contributed by atoms with Crippen molar-refractivity contribution in [1.29, 1.82) is 0 Å². The Morgan fingerprint density at radius 2 is 1.04 bits per heavy atom. The van der Waals surface area contributed by atoms with Gasteiger partial charge in [0.1, 0.15) is 48.8 Å². The fourth-order valence-electron chi connectivity index (χ4n) is 7.42. The van der Waals surface area contributed by atoms with E-state index in [2.05, 4.69) is 104 Å². The molecule has 12 unspecified atom stereocenters. The minimum Gasteiger partial charge on any atom is -0.394 e. The molecule has 0 aromatic heterocycles. The maximum Gasteiger partial charge on any atom is 0.220 e. The summed E-state index contributed by atoms with van der Waals surface area (Å²) in [6, 6.07) is -0.949. The Labute approximate surface area is 401 Å². The summed E-state index contributed by atoms with van der Waals surface area (Å²) in [5, 5.41) is 86.5. The highest BCUT2D eigenvalue weighted by molar-refractivity contribution is 5.76. The molecule has 2 fully saturated rings. The van der Waals surface area contributed by atoms with Crippen LogP contribution in [0.2, 0.25) is 0 Å². The molecular weight excluding hydrogens is 859 g/mol. The fraction of sp³-hybridized carbons (Fsp3) is 0.679. The van der Waals surface area contributed by atoms with E-state index in [1.54, 1.807) is 6.08 Å². The van der Waals surface area contributed by atoms with Gasteiger partial charge in [0.15, 0.2) is 12.6 Å². The molecule has 14 heteroatoms. The van der Waals surface area contributed by atoms with Gasteiger partial charge in [0.25, 0.3) is 0 Å². The largest absolute Gasteiger partial charge is 0.394 e. The minimum absolute atomic E-state index is 0.237. The van der Waals surface area contributed by atoms with E-state index in [1.165, 1.54) is 19.3 Å². The van der Waals surface area contributed by atoms with Crippen LogP contribution in [0.4, 0.5) is 0 Å². The lowest BCUT2D eigenvalue weighted by Gasteiger charge is -2.46. The molecule has 14 nitrogen and oxygen atoms in total. The van der Waals surface area contributed by atoms with E-state index < -0.39 is 86.8 Å². The molecule has 0 aromatic carbocycles. The zero-order valence-electron chi connectivity index (χ0n) is 40.3. The summed E-state index contributed by atoms with van der Waals surface area (Å²) in [4.78, 5) is 13.1. The van der Waals surface area contributed by atoms with Gasteiger partial charge in [-0.3, -0.25) is 4.79 Å². The molecule has 2 aliphatic heterocycles. The third-order valence-electron chi connectivity index (χ3n) is 11.5. The number of hydrogen-bond acceptors (Lipinski definition) is 13. The maximum absolute atomic E-state index is 13.1. The molecule has 1 amide bonds. The van der Waals surface area contributed by atoms with Crippen molar-refractivity contribution >= 4 is 5.91 Å². The average molecular weight is 946 g/mol. The lowest BCUT2D eigenvalue weighted by Crippen LogP contribution is -2.65. The quantitative estimate of drug-likeness (QED) is 0.0246. The number of carbonyl (C=O) groups is 1. The number of amides is 1. The van der Waals surface area contributed by atoms with Crippen molar-refractivity contribution in [2.45, 2.75) is 209 Å². The second kappa shape index (κ2) is 38.7. The van der Waals surface area contributed by atoms with Gasteiger partial charge in [-0.2, -0.15) is 0 Å². The molecule has 382 valence electrons. The topological polar surface area (TPSA) is 228 Å². The van der Waals surface area contributed by atoms with Crippen LogP contribution >= 0.6 is 0 Å². The first-order chi connectivity index (χ1) is 32.6. The lowest BCUT2D eigenvalue weighted by atomic mass is 9.97. The van der Waals surface area contributed by atoms with Gasteiger partial charge >= 0.3 is 0 Å². The second-order valence-corrected chi connectivity index (χ2v) is 17.2. The van der Waals surface area contributed by atoms with Crippen LogP contribution in [0.5, 0.6) is 0 Å². The third-order valence-corrected chi connectivity index (χ3v) is 11.5. The number of aliphatic hydroxyl groups excluding tert-OH is 8. The van der Waals surface area contributed by atoms with E-state index in [4.69, 9.17) is 18.9 Å². The van der Waals surface area contributed by atoms with Crippen LogP contribution in [0, 0.1) is 0 Å². The smallest absolute Gasteiger partial charge is 0.220 e. The molecule has 67 heavy (non-hydrogen) atoms. The Morgan fingerprint density at radius 3 is 1.63 bits per heavy atom. The summed E-state index contributed by atoms with van der Waals surface area (Å²) in [7, 11) is 0. The van der Waals surface area contributed by atoms with Gasteiger partial charge in [0.05, 0.1) is 32.0 Å². The molecular formula is C53H87NO13. The zero-order chi connectivity index (χ0) is 48.9. The fourth-order valence-corrected chi connectivity index (χ4v) is 7.42. The highest BCUT2D eigenvalue weighted by atomic mass is 16.7. The highest BCUT2D eigenvalue weighted by Crippen LogP contribution is 2.30. The lowest BCUT2D eigenvalue weighted by molar-refractivity contribution is -0.359. The van der Waals surface area contributed by atoms with Crippen LogP contribution in [0.1, 0.15) is 136 Å². The summed E-state index contributed by atoms with van der Waals surface area (Å²) in [5.41, 5.74) is 0. The summed E-state index contributed by atoms with van der Waals surface area (Å²) in [5.74, 6) is -0.282. The average Bonchev–Trinajstić information content (AvgIpc) is 3.32. The van der Waals surface area contributed by atoms with E-state index >= 15 is 0 Å². The molecule has 9 N–H and O–H groups in total. The minimum atomic E-state index is -1.80. The number of rotatable bonds is 36. The van der Waals surface area contributed by atoms with Gasteiger partial charge in [-0.25, -0.2) is 0 Å². The predicted octanol–water partition coefficient (Wildman–Crippen LogP) is 6.37. The van der Waals surface area contributed by atoms with Crippen molar-refractivity contribution < 1.29 is 64.6 Å². The SMILES string of the molecule is CC/C=C\C/C=C\C/C=C\C/C=C\C/C=C\C/C=C\CCCCCCC(=O)NC(COC1OC(CO)C(OC2OC(CO)C(O)C(O)C2O)C(O)C1O)C(O)/C=C/CC/C=C/CCCCCC. The first-order valence-electron chi connectivity index (χ1n) is 25.0. The molecule has 0 aromatic rings. The van der Waals surface area contributed by atoms with Crippen molar-refractivity contribution in [2.24, 2.45) is 0 Å². The molecule has 2 rings (SSSR count). The number of carbonyl (C=O) groups excluding carboxylic acids is 1. The molecule has 0 radical (unpaired) electrons. The third kappa shape index (κ3) is 25.9. The second-order valence-electron chi connectivity index (χ2n) is 17.2. The van der Waals surface area contributed by atoms with Crippen LogP contribution in [-0.2, 0) is 23.7 Å². The number of nitrogens with one attached hydrogen (secondary N) is 1. The van der Waals surface area contributed by atoms with Gasteiger partial charge < -0.3 is 65.1 Å². The highest BCUT2D eigenvalue weighted by Gasteiger charge is 2.51. The van der Waals surface area contributed by atoms with Gasteiger partial charge in [-0.15, -0.1) is 0 Å². The van der Waals surface area contributed by atoms with Crippen molar-refractivity contribution in [3.05, 3.63) is 97.2 Å². The van der Waals surface area contributed by atoms with Gasteiger partial charge in [-0.05, 0) is 83.5 Å². The normalized spacial score (nSPS) is 27.4. The van der Waals surface area contributed by atoms with Crippen LogP contribution in [0.25, 0.3) is 0 Å². The standard InChI is InChI=1S/C53H87NO13/c1-3-5-7-9-11-13-15-16-17-18-19-20-21-22-23-24-25-26-27-29-31-33-35-37-45(58)54-41(42(57)36-34-32-30-28-14-12-10-8-6-4-2)40-64-52-50(63)48(61)51(44(39-56)66-52)67-53-49(62)47(60)46(59)43(38-55)65-53/h5,7,11,13-14,16-17,19-20,22-23,25-26,28,34,36,41-44,46-53,55-57,59-63H,3-4,6,8-10,12,15,18,21,24,27,29-33,35,37-40H2,1-2H3,(H,54,58)/b7-5-,13-11-,17-16-,20-19-,23-22-,26-25-,28-14+,36-34+. The van der Waals surface area contributed by atoms with Crippen LogP contribution in [0.15, 0.2) is 97.2 Å². The number of aliphatic hydroxyl groups is 8. The van der Waals surface area contributed by atoms with Crippen molar-refractivity contribution in [3.63, 3.8) is 0 Å². The van der Waals surface area contributed by atoms with Gasteiger partial charge in [0, 0.05) is 6.42 Å². The Hall–Kier alpha value is -3.09. The maximum atomic E-state index is 13.1. The van der Waals surface area contributed by atoms with Gasteiger partial charge in [-0.1, -0.05) is 143 Å². The van der Waals surface area contributed by atoms with E-state index in [1.807, 2.05) is 6.08 Å². The molecule has 2 heterocycles. The number of allylic oxidation sites excluding steroid dienone is 15. The van der Waals surface area contributed by atoms with Gasteiger partial charge in [0.2, 0.25) is 5.91 Å². The Morgan fingerprint density at radius 1 is 0.552 bits per heavy atom. The number of unbranched alkanes of at least 4 members (excludes halogenated alkanes) is 9. The van der Waals surface area contributed by atoms with Crippen molar-refractivity contribution in [3.8, 4) is 0 Å². The Bertz CT molecular complexity index is 1490. The van der Waals surface area contributed by atoms with Crippen LogP contribution < -0.4 is 5.32 Å². The predicted molar refractivity (Wildman–Crippen MR) is 262 cm³/mol. The Balaban J connectivity index is 1.83. The Kier molecular flexibility index (Phi) is 34.7. The number of hydrogen-bond donors (Lipinski definition) is 9. The van der Waals surface area contributed by atoms with E-state index in [0.717, 1.165) is 83.5 Å². The summed E-state index contributed by atoms with van der Waals surface area (Å²) < 4.78 is 22.6. The summed E-state index contributed by atoms with van der Waals surface area (Å²) in [6.45, 7) is 2.56. The van der Waals surface area contributed by atoms with Crippen LogP contribution in [0.3, 0.4) is 0 Å². The van der Waals surface area contributed by atoms with E-state index in [-0.39, 0.29) is 18.9 Å². The molecule has 0 aliphatic carbocycles. The summed E-state index contributed by atoms with van der Waals surface area (Å²) in [6.07, 6.45) is 34.6. The first kappa shape index (κ1) is 60.0. The molecule has 0 bridgehead atoms.